The van der Waals surface area contributed by atoms with Crippen LogP contribution in [-0.4, -0.2) is 61.2 Å². The van der Waals surface area contributed by atoms with E-state index < -0.39 is 11.7 Å². The van der Waals surface area contributed by atoms with E-state index in [1.165, 1.54) is 6.07 Å². The average molecular weight is 473 g/mol. The molecule has 0 saturated carbocycles. The second-order valence-corrected chi connectivity index (χ2v) is 9.88. The summed E-state index contributed by atoms with van der Waals surface area (Å²) in [5.74, 6) is -0.0802. The summed E-state index contributed by atoms with van der Waals surface area (Å²) < 4.78 is 5.24. The van der Waals surface area contributed by atoms with Crippen molar-refractivity contribution in [1.82, 2.24) is 20.5 Å². The number of nitrogens with one attached hydrogen (secondary N) is 3. The number of pyridine rings is 1. The van der Waals surface area contributed by atoms with E-state index in [-0.39, 0.29) is 11.5 Å². The molecule has 2 amide bonds. The summed E-state index contributed by atoms with van der Waals surface area (Å²) in [5.41, 5.74) is 1.72. The van der Waals surface area contributed by atoms with Crippen LogP contribution in [0.4, 0.5) is 4.79 Å². The number of rotatable bonds is 12. The lowest BCUT2D eigenvalue weighted by Gasteiger charge is -2.19. The number of hydrogen-bond acceptors (Lipinski definition) is 5. The first kappa shape index (κ1) is 27.4. The average Bonchev–Trinajstić information content (AvgIpc) is 2.74. The first-order valence-corrected chi connectivity index (χ1v) is 12.1. The van der Waals surface area contributed by atoms with Crippen LogP contribution in [0.2, 0.25) is 0 Å². The zero-order valence-electron chi connectivity index (χ0n) is 21.3. The summed E-state index contributed by atoms with van der Waals surface area (Å²) in [6.45, 7) is 7.63. The molecule has 1 heterocycles. The van der Waals surface area contributed by atoms with Crippen LogP contribution in [0.15, 0.2) is 29.1 Å². The van der Waals surface area contributed by atoms with E-state index >= 15 is 0 Å². The highest BCUT2D eigenvalue weighted by atomic mass is 16.6. The highest BCUT2D eigenvalue weighted by molar-refractivity contribution is 6.00. The Bertz CT molecular complexity index is 1010. The van der Waals surface area contributed by atoms with Crippen molar-refractivity contribution in [3.8, 4) is 0 Å². The largest absolute Gasteiger partial charge is 0.444 e. The molecule has 1 aromatic heterocycles. The zero-order chi connectivity index (χ0) is 25.1. The van der Waals surface area contributed by atoms with E-state index in [4.69, 9.17) is 4.74 Å². The summed E-state index contributed by atoms with van der Waals surface area (Å²) in [6.07, 6.45) is 4.93. The molecule has 0 unspecified atom stereocenters. The molecule has 0 atom stereocenters. The van der Waals surface area contributed by atoms with Crippen molar-refractivity contribution in [1.29, 1.82) is 0 Å². The number of aryl methyl sites for hydroxylation is 1. The van der Waals surface area contributed by atoms with Gasteiger partial charge < -0.3 is 25.3 Å². The fourth-order valence-corrected chi connectivity index (χ4v) is 3.76. The summed E-state index contributed by atoms with van der Waals surface area (Å²) in [4.78, 5) is 41.3. The molecule has 0 bridgehead atoms. The van der Waals surface area contributed by atoms with Gasteiger partial charge in [-0.2, -0.15) is 0 Å². The lowest BCUT2D eigenvalue weighted by atomic mass is 9.95. The van der Waals surface area contributed by atoms with Gasteiger partial charge in [-0.15, -0.1) is 0 Å². The molecule has 0 saturated heterocycles. The maximum absolute atomic E-state index is 12.9. The third-order valence-corrected chi connectivity index (χ3v) is 5.35. The van der Waals surface area contributed by atoms with Gasteiger partial charge in [0.1, 0.15) is 5.60 Å². The third kappa shape index (κ3) is 9.55. The van der Waals surface area contributed by atoms with Crippen LogP contribution in [0.5, 0.6) is 0 Å². The Morgan fingerprint density at radius 1 is 0.941 bits per heavy atom. The van der Waals surface area contributed by atoms with Gasteiger partial charge in [0.2, 0.25) is 5.56 Å². The van der Waals surface area contributed by atoms with E-state index in [0.717, 1.165) is 61.5 Å². The summed E-state index contributed by atoms with van der Waals surface area (Å²) in [6, 6.07) is 6.92. The van der Waals surface area contributed by atoms with Gasteiger partial charge in [0.05, 0.1) is 0 Å². The van der Waals surface area contributed by atoms with Crippen LogP contribution in [0.1, 0.15) is 68.8 Å². The highest BCUT2D eigenvalue weighted by Crippen LogP contribution is 2.23. The summed E-state index contributed by atoms with van der Waals surface area (Å²) >= 11 is 0. The van der Waals surface area contributed by atoms with Crippen molar-refractivity contribution < 1.29 is 14.3 Å². The van der Waals surface area contributed by atoms with Gasteiger partial charge in [0.15, 0.2) is 0 Å². The number of ether oxygens (including phenoxy) is 1. The number of aromatic nitrogens is 1. The maximum Gasteiger partial charge on any atom is 0.407 e. The van der Waals surface area contributed by atoms with Gasteiger partial charge in [-0.05, 0) is 90.9 Å². The molecule has 1 aromatic carbocycles. The van der Waals surface area contributed by atoms with Crippen molar-refractivity contribution in [2.45, 2.75) is 64.9 Å². The molecule has 2 aromatic rings. The van der Waals surface area contributed by atoms with E-state index in [0.29, 0.717) is 18.7 Å². The minimum atomic E-state index is -0.497. The second kappa shape index (κ2) is 13.1. The van der Waals surface area contributed by atoms with Gasteiger partial charge >= 0.3 is 6.09 Å². The summed E-state index contributed by atoms with van der Waals surface area (Å²) in [7, 11) is 4.02. The fraction of sp³-hybridized carbons (Fsp3) is 0.577. The predicted octanol–water partition coefficient (Wildman–Crippen LogP) is 3.84. The molecule has 8 nitrogen and oxygen atoms in total. The number of carbonyl (C=O) groups excluding carboxylic acids is 2. The quantitative estimate of drug-likeness (QED) is 0.407. The molecule has 8 heteroatoms. The molecule has 2 rings (SSSR count). The predicted molar refractivity (Wildman–Crippen MR) is 136 cm³/mol. The minimum absolute atomic E-state index is 0.0802. The number of carbonyl (C=O) groups is 2. The highest BCUT2D eigenvalue weighted by Gasteiger charge is 2.16. The lowest BCUT2D eigenvalue weighted by Crippen LogP contribution is -2.32. The Hall–Kier alpha value is -2.87. The normalized spacial score (nSPS) is 11.6. The van der Waals surface area contributed by atoms with Crippen molar-refractivity contribution >= 4 is 22.9 Å². The fourth-order valence-electron chi connectivity index (χ4n) is 3.76. The maximum atomic E-state index is 12.9. The standard InChI is InChI=1S/C26H40N4O4/c1-26(2,3)34-25(33)28-16-9-7-6-8-11-19-20-13-15-23(31)29-22(20)14-12-21(19)24(32)27-17-10-18-30(4)5/h12-15H,6-11,16-18H2,1-5H3,(H,27,32)(H,28,33)(H,29,31). The first-order chi connectivity index (χ1) is 16.1. The zero-order valence-corrected chi connectivity index (χ0v) is 21.3. The third-order valence-electron chi connectivity index (χ3n) is 5.35. The van der Waals surface area contributed by atoms with Crippen molar-refractivity contribution in [3.63, 3.8) is 0 Å². The lowest BCUT2D eigenvalue weighted by molar-refractivity contribution is 0.0526. The first-order valence-electron chi connectivity index (χ1n) is 12.1. The molecule has 0 fully saturated rings. The number of fused-ring (bicyclic) bond motifs is 1. The number of hydrogen-bond donors (Lipinski definition) is 3. The van der Waals surface area contributed by atoms with Crippen LogP contribution < -0.4 is 16.2 Å². The van der Waals surface area contributed by atoms with E-state index in [1.54, 1.807) is 18.2 Å². The minimum Gasteiger partial charge on any atom is -0.444 e. The Labute approximate surface area is 202 Å². The second-order valence-electron chi connectivity index (χ2n) is 9.88. The SMILES string of the molecule is CN(C)CCCNC(=O)c1ccc2[nH]c(=O)ccc2c1CCCCCCNC(=O)OC(C)(C)C. The Kier molecular flexibility index (Phi) is 10.6. The van der Waals surface area contributed by atoms with Crippen molar-refractivity contribution in [2.75, 3.05) is 33.7 Å². The molecule has 3 N–H and O–H groups in total. The number of amides is 2. The molecule has 188 valence electrons. The molecule has 0 aliphatic rings. The van der Waals surface area contributed by atoms with Crippen molar-refractivity contribution in [2.24, 2.45) is 0 Å². The molecule has 0 aliphatic carbocycles. The van der Waals surface area contributed by atoms with Gasteiger partial charge in [-0.3, -0.25) is 9.59 Å². The number of aromatic amines is 1. The van der Waals surface area contributed by atoms with E-state index in [1.807, 2.05) is 34.9 Å². The molecule has 34 heavy (non-hydrogen) atoms. The van der Waals surface area contributed by atoms with Gasteiger partial charge in [-0.1, -0.05) is 12.8 Å². The van der Waals surface area contributed by atoms with Gasteiger partial charge in [-0.25, -0.2) is 4.79 Å². The molecular formula is C26H40N4O4. The molecular weight excluding hydrogens is 432 g/mol. The van der Waals surface area contributed by atoms with E-state index in [2.05, 4.69) is 20.5 Å². The van der Waals surface area contributed by atoms with Gasteiger partial charge in [0, 0.05) is 35.6 Å². The van der Waals surface area contributed by atoms with Crippen LogP contribution >= 0.6 is 0 Å². The monoisotopic (exact) mass is 472 g/mol. The van der Waals surface area contributed by atoms with Crippen molar-refractivity contribution in [3.05, 3.63) is 45.7 Å². The van der Waals surface area contributed by atoms with Gasteiger partial charge in [0.25, 0.3) is 5.91 Å². The smallest absolute Gasteiger partial charge is 0.407 e. The number of alkyl carbamates (subject to hydrolysis) is 1. The molecule has 0 radical (unpaired) electrons. The van der Waals surface area contributed by atoms with Crippen LogP contribution in [0, 0.1) is 0 Å². The molecule has 0 spiro atoms. The summed E-state index contributed by atoms with van der Waals surface area (Å²) in [5, 5.41) is 6.72. The number of benzene rings is 1. The number of unbranched alkanes of at least 4 members (excludes halogenated alkanes) is 3. The van der Waals surface area contributed by atoms with Crippen LogP contribution in [-0.2, 0) is 11.2 Å². The number of H-pyrrole nitrogens is 1. The molecule has 0 aliphatic heterocycles. The number of nitrogens with zero attached hydrogens (tertiary/aromatic N) is 1. The Balaban J connectivity index is 1.93. The van der Waals surface area contributed by atoms with Crippen LogP contribution in [0.3, 0.4) is 0 Å². The Morgan fingerprint density at radius 2 is 1.65 bits per heavy atom. The Morgan fingerprint density at radius 3 is 2.35 bits per heavy atom. The van der Waals surface area contributed by atoms with Crippen LogP contribution in [0.25, 0.3) is 10.9 Å². The topological polar surface area (TPSA) is 104 Å². The van der Waals surface area contributed by atoms with E-state index in [9.17, 15) is 14.4 Å².